The molecule has 4 atom stereocenters. The van der Waals surface area contributed by atoms with Crippen molar-refractivity contribution in [1.29, 1.82) is 0 Å². The fourth-order valence-electron chi connectivity index (χ4n) is 5.75. The molecule has 0 bridgehead atoms. The summed E-state index contributed by atoms with van der Waals surface area (Å²) >= 11 is 0. The molecule has 4 heteroatoms. The fourth-order valence-corrected chi connectivity index (χ4v) is 5.75. The largest absolute Gasteiger partial charge is 0.392 e. The first kappa shape index (κ1) is 23.0. The number of aliphatic hydroxyl groups is 2. The highest BCUT2D eigenvalue weighted by Crippen LogP contribution is 2.61. The molecule has 2 N–H and O–H groups in total. The number of rotatable bonds is 8. The smallest absolute Gasteiger partial charge is 0.157 e. The van der Waals surface area contributed by atoms with Crippen molar-refractivity contribution in [3.05, 3.63) is 22.8 Å². The van der Waals surface area contributed by atoms with Gasteiger partial charge in [-0.2, -0.15) is 0 Å². The Kier molecular flexibility index (Phi) is 7.64. The Bertz CT molecular complexity index is 616. The number of allylic oxidation sites excluding steroid dienone is 2. The van der Waals surface area contributed by atoms with E-state index in [4.69, 9.17) is 9.47 Å². The molecule has 3 aliphatic rings. The monoisotopic (exact) mass is 406 g/mol. The van der Waals surface area contributed by atoms with Crippen molar-refractivity contribution in [3.8, 4) is 0 Å². The predicted molar refractivity (Wildman–Crippen MR) is 116 cm³/mol. The van der Waals surface area contributed by atoms with E-state index in [0.717, 1.165) is 45.1 Å². The van der Waals surface area contributed by atoms with Crippen LogP contribution in [0, 0.1) is 16.7 Å². The first-order valence-electron chi connectivity index (χ1n) is 11.8. The van der Waals surface area contributed by atoms with E-state index in [-0.39, 0.29) is 23.7 Å². The standard InChI is InChI=1S/C25H42O4/c1-18(2)19-10-12-24(3)13-14-25(4,20(11-15-26)23(19)24)21(27)8-7-17-29-22-9-5-6-16-28-22/h11,18,21-22,26-27H,5-10,12-17H2,1-4H3/b20-11-/t21-,22?,24-,25+/m1/s1. The molecule has 1 unspecified atom stereocenters. The topological polar surface area (TPSA) is 58.9 Å². The van der Waals surface area contributed by atoms with E-state index in [2.05, 4.69) is 27.7 Å². The van der Waals surface area contributed by atoms with E-state index in [0.29, 0.717) is 18.9 Å². The number of aliphatic hydroxyl groups excluding tert-OH is 2. The highest BCUT2D eigenvalue weighted by atomic mass is 16.7. The van der Waals surface area contributed by atoms with Crippen LogP contribution in [-0.4, -0.2) is 42.4 Å². The normalized spacial score (nSPS) is 35.4. The molecule has 2 fully saturated rings. The van der Waals surface area contributed by atoms with Gasteiger partial charge in [-0.05, 0) is 80.3 Å². The molecule has 1 aliphatic heterocycles. The van der Waals surface area contributed by atoms with Crippen LogP contribution in [-0.2, 0) is 9.47 Å². The van der Waals surface area contributed by atoms with Gasteiger partial charge >= 0.3 is 0 Å². The Hall–Kier alpha value is -0.680. The van der Waals surface area contributed by atoms with E-state index >= 15 is 0 Å². The second-order valence-corrected chi connectivity index (χ2v) is 10.2. The summed E-state index contributed by atoms with van der Waals surface area (Å²) in [5, 5.41) is 21.1. The Morgan fingerprint density at radius 3 is 2.66 bits per heavy atom. The molecular formula is C25H42O4. The lowest BCUT2D eigenvalue weighted by molar-refractivity contribution is -0.163. The highest BCUT2D eigenvalue weighted by molar-refractivity contribution is 5.50. The second kappa shape index (κ2) is 9.64. The van der Waals surface area contributed by atoms with E-state index in [1.54, 1.807) is 0 Å². The van der Waals surface area contributed by atoms with Gasteiger partial charge in [0.1, 0.15) is 0 Å². The maximum Gasteiger partial charge on any atom is 0.157 e. The van der Waals surface area contributed by atoms with Gasteiger partial charge in [0.05, 0.1) is 12.7 Å². The van der Waals surface area contributed by atoms with Crippen molar-refractivity contribution < 1.29 is 19.7 Å². The highest BCUT2D eigenvalue weighted by Gasteiger charge is 2.50. The van der Waals surface area contributed by atoms with Crippen molar-refractivity contribution in [2.45, 2.75) is 97.9 Å². The van der Waals surface area contributed by atoms with E-state index < -0.39 is 6.10 Å². The molecular weight excluding hydrogens is 364 g/mol. The third-order valence-electron chi connectivity index (χ3n) is 7.74. The Morgan fingerprint density at radius 2 is 2.00 bits per heavy atom. The van der Waals surface area contributed by atoms with Crippen molar-refractivity contribution in [2.24, 2.45) is 16.7 Å². The molecule has 0 aromatic heterocycles. The molecule has 0 radical (unpaired) electrons. The van der Waals surface area contributed by atoms with Gasteiger partial charge in [-0.3, -0.25) is 0 Å². The van der Waals surface area contributed by atoms with Crippen LogP contribution in [0.5, 0.6) is 0 Å². The van der Waals surface area contributed by atoms with Gasteiger partial charge in [-0.1, -0.05) is 39.3 Å². The SMILES string of the molecule is CC(C)C1=C2/C(=C/CO)[C@@](C)([C@H](O)CCCOC3CCCCO3)CC[C@@]2(C)CC1. The maximum absolute atomic E-state index is 11.3. The molecule has 0 spiro atoms. The molecule has 0 amide bonds. The van der Waals surface area contributed by atoms with Gasteiger partial charge < -0.3 is 19.7 Å². The van der Waals surface area contributed by atoms with Crippen molar-refractivity contribution in [1.82, 2.24) is 0 Å². The Balaban J connectivity index is 1.69. The number of hydrogen-bond acceptors (Lipinski definition) is 4. The number of ether oxygens (including phenoxy) is 2. The fraction of sp³-hybridized carbons (Fsp3) is 0.840. The molecule has 2 aliphatic carbocycles. The van der Waals surface area contributed by atoms with Gasteiger partial charge in [0, 0.05) is 18.6 Å². The summed E-state index contributed by atoms with van der Waals surface area (Å²) in [4.78, 5) is 0. The molecule has 0 aromatic rings. The minimum Gasteiger partial charge on any atom is -0.392 e. The van der Waals surface area contributed by atoms with Crippen LogP contribution < -0.4 is 0 Å². The molecule has 1 heterocycles. The second-order valence-electron chi connectivity index (χ2n) is 10.2. The molecule has 0 aromatic carbocycles. The first-order valence-corrected chi connectivity index (χ1v) is 11.8. The molecule has 3 rings (SSSR count). The zero-order valence-electron chi connectivity index (χ0n) is 19.0. The van der Waals surface area contributed by atoms with Gasteiger partial charge in [-0.25, -0.2) is 0 Å². The lowest BCUT2D eigenvalue weighted by Crippen LogP contribution is -2.42. The quantitative estimate of drug-likeness (QED) is 0.548. The average molecular weight is 407 g/mol. The summed E-state index contributed by atoms with van der Waals surface area (Å²) < 4.78 is 11.5. The van der Waals surface area contributed by atoms with E-state index in [9.17, 15) is 10.2 Å². The van der Waals surface area contributed by atoms with Crippen LogP contribution in [0.15, 0.2) is 22.8 Å². The number of hydrogen-bond donors (Lipinski definition) is 2. The van der Waals surface area contributed by atoms with Gasteiger partial charge in [0.2, 0.25) is 0 Å². The summed E-state index contributed by atoms with van der Waals surface area (Å²) in [5.74, 6) is 0.511. The summed E-state index contributed by atoms with van der Waals surface area (Å²) in [5.41, 5.74) is 4.08. The van der Waals surface area contributed by atoms with Crippen LogP contribution in [0.1, 0.15) is 85.5 Å². The summed E-state index contributed by atoms with van der Waals surface area (Å²) in [7, 11) is 0. The minimum absolute atomic E-state index is 0.0325. The predicted octanol–water partition coefficient (Wildman–Crippen LogP) is 5.14. The van der Waals surface area contributed by atoms with Crippen LogP contribution >= 0.6 is 0 Å². The zero-order valence-corrected chi connectivity index (χ0v) is 19.0. The molecule has 1 saturated heterocycles. The first-order chi connectivity index (χ1) is 13.8. The summed E-state index contributed by atoms with van der Waals surface area (Å²) in [6.07, 6.45) is 10.7. The van der Waals surface area contributed by atoms with Crippen LogP contribution in [0.25, 0.3) is 0 Å². The van der Waals surface area contributed by atoms with Gasteiger partial charge in [0.25, 0.3) is 0 Å². The Morgan fingerprint density at radius 1 is 1.21 bits per heavy atom. The lowest BCUT2D eigenvalue weighted by atomic mass is 9.57. The van der Waals surface area contributed by atoms with Crippen molar-refractivity contribution >= 4 is 0 Å². The lowest BCUT2D eigenvalue weighted by Gasteiger charge is -2.48. The van der Waals surface area contributed by atoms with Crippen LogP contribution in [0.3, 0.4) is 0 Å². The van der Waals surface area contributed by atoms with Crippen molar-refractivity contribution in [3.63, 3.8) is 0 Å². The third-order valence-corrected chi connectivity index (χ3v) is 7.74. The minimum atomic E-state index is -0.428. The Labute approximate surface area is 177 Å². The van der Waals surface area contributed by atoms with Crippen LogP contribution in [0.2, 0.25) is 0 Å². The molecule has 1 saturated carbocycles. The zero-order chi connectivity index (χ0) is 21.1. The summed E-state index contributed by atoms with van der Waals surface area (Å²) in [6.45, 7) is 10.6. The molecule has 4 nitrogen and oxygen atoms in total. The molecule has 166 valence electrons. The average Bonchev–Trinajstić information content (AvgIpc) is 3.06. The summed E-state index contributed by atoms with van der Waals surface area (Å²) in [6, 6.07) is 0. The maximum atomic E-state index is 11.3. The number of fused-ring (bicyclic) bond motifs is 1. The van der Waals surface area contributed by atoms with E-state index in [1.807, 2.05) is 6.08 Å². The molecule has 29 heavy (non-hydrogen) atoms. The van der Waals surface area contributed by atoms with Crippen molar-refractivity contribution in [2.75, 3.05) is 19.8 Å². The van der Waals surface area contributed by atoms with Crippen LogP contribution in [0.4, 0.5) is 0 Å². The van der Waals surface area contributed by atoms with Gasteiger partial charge in [0.15, 0.2) is 6.29 Å². The van der Waals surface area contributed by atoms with E-state index in [1.165, 1.54) is 29.6 Å². The third kappa shape index (κ3) is 4.81. The van der Waals surface area contributed by atoms with Gasteiger partial charge in [-0.15, -0.1) is 0 Å².